The van der Waals surface area contributed by atoms with Crippen LogP contribution in [0.2, 0.25) is 0 Å². The second-order valence-corrected chi connectivity index (χ2v) is 7.95. The monoisotopic (exact) mass is 398 g/mol. The smallest absolute Gasteiger partial charge is 0.331 e. The molecule has 4 atom stereocenters. The molecule has 30 heavy (non-hydrogen) atoms. The molecule has 0 aromatic heterocycles. The van der Waals surface area contributed by atoms with Gasteiger partial charge in [-0.05, 0) is 53.6 Å². The van der Waals surface area contributed by atoms with Crippen LogP contribution in [0.3, 0.4) is 0 Å². The van der Waals surface area contributed by atoms with Crippen LogP contribution >= 0.6 is 0 Å². The molecule has 0 radical (unpaired) electrons. The number of ether oxygens (including phenoxy) is 1. The van der Waals surface area contributed by atoms with Crippen LogP contribution in [0, 0.1) is 35.0 Å². The summed E-state index contributed by atoms with van der Waals surface area (Å²) < 4.78 is 5.35. The van der Waals surface area contributed by atoms with Gasteiger partial charge in [0.25, 0.3) is 0 Å². The Balaban J connectivity index is 1.23. The number of nitrogens with zero attached hydrogens (tertiary/aromatic N) is 2. The van der Waals surface area contributed by atoms with Crippen molar-refractivity contribution in [3.63, 3.8) is 0 Å². The SMILES string of the molecule is N#Cc1ccc(-c2ccc(OC(=O)CN3C(=O)C4C5C=CC(C5)C4C3=O)cc2)cc1. The van der Waals surface area contributed by atoms with Gasteiger partial charge in [0.05, 0.1) is 23.5 Å². The zero-order chi connectivity index (χ0) is 20.8. The molecule has 2 aliphatic carbocycles. The minimum absolute atomic E-state index is 0.118. The third kappa shape index (κ3) is 2.91. The van der Waals surface area contributed by atoms with Crippen LogP contribution in [-0.2, 0) is 14.4 Å². The van der Waals surface area contributed by atoms with E-state index >= 15 is 0 Å². The van der Waals surface area contributed by atoms with Crippen molar-refractivity contribution in [2.24, 2.45) is 23.7 Å². The molecule has 1 saturated carbocycles. The number of amides is 2. The van der Waals surface area contributed by atoms with E-state index in [0.717, 1.165) is 22.4 Å². The Bertz CT molecular complexity index is 1080. The highest BCUT2D eigenvalue weighted by molar-refractivity contribution is 6.08. The first-order valence-electron chi connectivity index (χ1n) is 9.90. The molecule has 6 heteroatoms. The molecule has 2 amide bonds. The molecule has 2 aromatic carbocycles. The van der Waals surface area contributed by atoms with Gasteiger partial charge in [-0.3, -0.25) is 14.5 Å². The molecular formula is C24H18N2O4. The summed E-state index contributed by atoms with van der Waals surface area (Å²) in [6.07, 6.45) is 4.90. The number of imide groups is 1. The molecule has 2 aromatic rings. The van der Waals surface area contributed by atoms with Crippen LogP contribution in [-0.4, -0.2) is 29.2 Å². The van der Waals surface area contributed by atoms with Gasteiger partial charge >= 0.3 is 5.97 Å². The van der Waals surface area contributed by atoms with Gasteiger partial charge in [0.2, 0.25) is 11.8 Å². The molecule has 0 N–H and O–H groups in total. The largest absolute Gasteiger partial charge is 0.425 e. The second kappa shape index (κ2) is 6.96. The quantitative estimate of drug-likeness (QED) is 0.342. The van der Waals surface area contributed by atoms with E-state index in [2.05, 4.69) is 6.07 Å². The Kier molecular flexibility index (Phi) is 4.25. The van der Waals surface area contributed by atoms with Gasteiger partial charge in [0.1, 0.15) is 12.3 Å². The van der Waals surface area contributed by atoms with Crippen molar-refractivity contribution in [2.75, 3.05) is 6.54 Å². The van der Waals surface area contributed by atoms with E-state index in [1.807, 2.05) is 36.4 Å². The molecule has 148 valence electrons. The number of nitriles is 1. The lowest BCUT2D eigenvalue weighted by atomic mass is 9.85. The maximum Gasteiger partial charge on any atom is 0.331 e. The number of hydrogen-bond donors (Lipinski definition) is 0. The molecule has 4 unspecified atom stereocenters. The number of fused-ring (bicyclic) bond motifs is 5. The standard InChI is InChI=1S/C24H18N2O4/c25-12-14-1-3-15(4-2-14)16-7-9-19(10-8-16)30-20(27)13-26-23(28)21-17-5-6-18(11-17)22(21)24(26)29/h1-10,17-18,21-22H,11,13H2. The molecule has 2 fully saturated rings. The number of esters is 1. The highest BCUT2D eigenvalue weighted by atomic mass is 16.5. The van der Waals surface area contributed by atoms with E-state index < -0.39 is 5.97 Å². The van der Waals surface area contributed by atoms with Crippen LogP contribution in [0.5, 0.6) is 5.75 Å². The molecule has 1 saturated heterocycles. The summed E-state index contributed by atoms with van der Waals surface area (Å²) in [7, 11) is 0. The molecule has 5 rings (SSSR count). The second-order valence-electron chi connectivity index (χ2n) is 7.95. The van der Waals surface area contributed by atoms with Crippen LogP contribution in [0.1, 0.15) is 12.0 Å². The molecule has 1 aliphatic heterocycles. The Labute approximate surface area is 173 Å². The summed E-state index contributed by atoms with van der Waals surface area (Å²) in [6.45, 7) is -0.360. The molecule has 0 spiro atoms. The lowest BCUT2D eigenvalue weighted by molar-refractivity contribution is -0.148. The molecule has 6 nitrogen and oxygen atoms in total. The summed E-state index contributed by atoms with van der Waals surface area (Å²) in [5.74, 6) is -1.19. The number of rotatable bonds is 4. The molecule has 1 heterocycles. The third-order valence-electron chi connectivity index (χ3n) is 6.28. The Hall–Kier alpha value is -3.72. The van der Waals surface area contributed by atoms with E-state index in [-0.39, 0.29) is 42.0 Å². The maximum atomic E-state index is 12.7. The van der Waals surface area contributed by atoms with Crippen LogP contribution < -0.4 is 4.74 Å². The van der Waals surface area contributed by atoms with E-state index in [9.17, 15) is 14.4 Å². The minimum Gasteiger partial charge on any atom is -0.425 e. The van der Waals surface area contributed by atoms with Crippen molar-refractivity contribution in [1.29, 1.82) is 5.26 Å². The van der Waals surface area contributed by atoms with Crippen LogP contribution in [0.4, 0.5) is 0 Å². The van der Waals surface area contributed by atoms with Crippen molar-refractivity contribution < 1.29 is 19.1 Å². The maximum absolute atomic E-state index is 12.7. The van der Waals surface area contributed by atoms with Crippen molar-refractivity contribution in [3.05, 3.63) is 66.2 Å². The van der Waals surface area contributed by atoms with Gasteiger partial charge in [0.15, 0.2) is 0 Å². The predicted molar refractivity (Wildman–Crippen MR) is 107 cm³/mol. The first kappa shape index (κ1) is 18.3. The van der Waals surface area contributed by atoms with Gasteiger partial charge in [-0.2, -0.15) is 5.26 Å². The highest BCUT2D eigenvalue weighted by Gasteiger charge is 2.59. The number of likely N-dealkylation sites (tertiary alicyclic amines) is 1. The highest BCUT2D eigenvalue weighted by Crippen LogP contribution is 2.52. The summed E-state index contributed by atoms with van der Waals surface area (Å²) in [5.41, 5.74) is 2.44. The van der Waals surface area contributed by atoms with E-state index in [0.29, 0.717) is 11.3 Å². The zero-order valence-electron chi connectivity index (χ0n) is 16.0. The number of allylic oxidation sites excluding steroid dienone is 2. The van der Waals surface area contributed by atoms with Gasteiger partial charge in [-0.25, -0.2) is 4.79 Å². The number of carbonyl (C=O) groups is 3. The topological polar surface area (TPSA) is 87.5 Å². The average Bonchev–Trinajstić information content (AvgIpc) is 3.45. The number of hydrogen-bond acceptors (Lipinski definition) is 5. The van der Waals surface area contributed by atoms with E-state index in [4.69, 9.17) is 10.00 Å². The third-order valence-corrected chi connectivity index (χ3v) is 6.28. The van der Waals surface area contributed by atoms with Gasteiger partial charge in [-0.1, -0.05) is 36.4 Å². The lowest BCUT2D eigenvalue weighted by Crippen LogP contribution is -2.38. The summed E-state index contributed by atoms with van der Waals surface area (Å²) in [6, 6.07) is 16.2. The molecule has 3 aliphatic rings. The number of benzene rings is 2. The first-order valence-corrected chi connectivity index (χ1v) is 9.90. The van der Waals surface area contributed by atoms with Crippen LogP contribution in [0.15, 0.2) is 60.7 Å². The fourth-order valence-corrected chi connectivity index (χ4v) is 4.87. The van der Waals surface area contributed by atoms with Gasteiger partial charge in [-0.15, -0.1) is 0 Å². The van der Waals surface area contributed by atoms with E-state index in [1.54, 1.807) is 24.3 Å². The molecular weight excluding hydrogens is 380 g/mol. The summed E-state index contributed by atoms with van der Waals surface area (Å²) in [5, 5.41) is 8.88. The van der Waals surface area contributed by atoms with Crippen molar-refractivity contribution >= 4 is 17.8 Å². The Morgan fingerprint density at radius 3 is 2.00 bits per heavy atom. The summed E-state index contributed by atoms with van der Waals surface area (Å²) >= 11 is 0. The fourth-order valence-electron chi connectivity index (χ4n) is 4.87. The normalized spacial score (nSPS) is 26.0. The lowest BCUT2D eigenvalue weighted by Gasteiger charge is -2.16. The van der Waals surface area contributed by atoms with Gasteiger partial charge in [0, 0.05) is 0 Å². The van der Waals surface area contributed by atoms with E-state index in [1.165, 1.54) is 0 Å². The van der Waals surface area contributed by atoms with Crippen molar-refractivity contribution in [1.82, 2.24) is 4.90 Å². The Morgan fingerprint density at radius 2 is 1.47 bits per heavy atom. The average molecular weight is 398 g/mol. The first-order chi connectivity index (χ1) is 14.5. The predicted octanol–water partition coefficient (Wildman–Crippen LogP) is 2.94. The Morgan fingerprint density at radius 1 is 0.933 bits per heavy atom. The van der Waals surface area contributed by atoms with Crippen molar-refractivity contribution in [3.8, 4) is 22.9 Å². The summed E-state index contributed by atoms with van der Waals surface area (Å²) in [4.78, 5) is 38.8. The fraction of sp³-hybridized carbons (Fsp3) is 0.250. The molecule has 2 bridgehead atoms. The van der Waals surface area contributed by atoms with Gasteiger partial charge < -0.3 is 4.74 Å². The van der Waals surface area contributed by atoms with Crippen molar-refractivity contribution in [2.45, 2.75) is 6.42 Å². The minimum atomic E-state index is -0.636. The van der Waals surface area contributed by atoms with Crippen LogP contribution in [0.25, 0.3) is 11.1 Å². The number of carbonyl (C=O) groups excluding carboxylic acids is 3. The zero-order valence-corrected chi connectivity index (χ0v) is 16.0.